The van der Waals surface area contributed by atoms with Gasteiger partial charge < -0.3 is 5.32 Å². The molecule has 0 aliphatic carbocycles. The summed E-state index contributed by atoms with van der Waals surface area (Å²) in [7, 11) is 0. The van der Waals surface area contributed by atoms with Crippen LogP contribution in [0.15, 0.2) is 24.5 Å². The van der Waals surface area contributed by atoms with Gasteiger partial charge in [0.2, 0.25) is 5.91 Å². The second-order valence-electron chi connectivity index (χ2n) is 6.39. The molecule has 1 atom stereocenters. The number of carbonyl (C=O) groups is 1. The Morgan fingerprint density at radius 3 is 3.04 bits per heavy atom. The first-order chi connectivity index (χ1) is 11.1. The van der Waals surface area contributed by atoms with Crippen LogP contribution in [0.5, 0.6) is 0 Å². The molecule has 7 heteroatoms. The molecular weight excluding hydrogens is 292 g/mol. The Hall–Kier alpha value is -2.15. The third kappa shape index (κ3) is 3.79. The molecule has 2 aromatic rings. The minimum Gasteiger partial charge on any atom is -0.310 e. The normalized spacial score (nSPS) is 19.2. The largest absolute Gasteiger partial charge is 0.310 e. The number of rotatable bonds is 5. The summed E-state index contributed by atoms with van der Waals surface area (Å²) in [5.41, 5.74) is 1.16. The molecule has 3 heterocycles. The third-order valence-electron chi connectivity index (χ3n) is 4.26. The fraction of sp³-hybridized carbons (Fsp3) is 0.562. The number of likely N-dealkylation sites (tertiary alicyclic amines) is 1. The fourth-order valence-electron chi connectivity index (χ4n) is 3.16. The Balaban J connectivity index is 1.56. The molecule has 1 aliphatic rings. The summed E-state index contributed by atoms with van der Waals surface area (Å²) in [6.45, 7) is 6.35. The number of hydrogen-bond acceptors (Lipinski definition) is 4. The summed E-state index contributed by atoms with van der Waals surface area (Å²) >= 11 is 0. The molecule has 2 N–H and O–H groups in total. The van der Waals surface area contributed by atoms with E-state index in [0.717, 1.165) is 37.4 Å². The van der Waals surface area contributed by atoms with Crippen molar-refractivity contribution in [1.82, 2.24) is 24.9 Å². The lowest BCUT2D eigenvalue weighted by Gasteiger charge is -2.31. The van der Waals surface area contributed by atoms with E-state index < -0.39 is 0 Å². The maximum atomic E-state index is 12.3. The second-order valence-corrected chi connectivity index (χ2v) is 6.39. The van der Waals surface area contributed by atoms with Gasteiger partial charge in [0.15, 0.2) is 0 Å². The highest BCUT2D eigenvalue weighted by atomic mass is 16.2. The van der Waals surface area contributed by atoms with Crippen molar-refractivity contribution in [1.29, 1.82) is 0 Å². The molecule has 0 aromatic carbocycles. The summed E-state index contributed by atoms with van der Waals surface area (Å²) in [5.74, 6) is 1.20. The van der Waals surface area contributed by atoms with Gasteiger partial charge >= 0.3 is 0 Å². The zero-order chi connectivity index (χ0) is 16.2. The van der Waals surface area contributed by atoms with Gasteiger partial charge in [-0.3, -0.25) is 14.8 Å². The van der Waals surface area contributed by atoms with Gasteiger partial charge in [-0.15, -0.1) is 0 Å². The van der Waals surface area contributed by atoms with E-state index in [4.69, 9.17) is 0 Å². The first kappa shape index (κ1) is 15.7. The Morgan fingerprint density at radius 2 is 2.30 bits per heavy atom. The smallest absolute Gasteiger partial charge is 0.239 e. The van der Waals surface area contributed by atoms with Crippen molar-refractivity contribution in [2.24, 2.45) is 0 Å². The van der Waals surface area contributed by atoms with E-state index in [1.54, 1.807) is 12.4 Å². The molecule has 124 valence electrons. The molecule has 1 amide bonds. The van der Waals surface area contributed by atoms with E-state index in [2.05, 4.69) is 25.5 Å². The van der Waals surface area contributed by atoms with E-state index >= 15 is 0 Å². The van der Waals surface area contributed by atoms with Crippen LogP contribution >= 0.6 is 0 Å². The van der Waals surface area contributed by atoms with Gasteiger partial charge in [-0.25, -0.2) is 4.68 Å². The topological polar surface area (TPSA) is 78.8 Å². The molecule has 0 spiro atoms. The van der Waals surface area contributed by atoms with Crippen LogP contribution in [0.1, 0.15) is 44.3 Å². The first-order valence-corrected chi connectivity index (χ1v) is 8.18. The molecule has 7 nitrogen and oxygen atoms in total. The number of carbonyl (C=O) groups excluding carboxylic acids is 1. The van der Waals surface area contributed by atoms with Crippen LogP contribution in [-0.2, 0) is 4.79 Å². The minimum absolute atomic E-state index is 0.0117. The molecular formula is C16H24N6O. The summed E-state index contributed by atoms with van der Waals surface area (Å²) in [6, 6.07) is 4.08. The van der Waals surface area contributed by atoms with Crippen molar-refractivity contribution in [2.75, 3.05) is 25.0 Å². The predicted molar refractivity (Wildman–Crippen MR) is 88.2 cm³/mol. The zero-order valence-corrected chi connectivity index (χ0v) is 13.7. The van der Waals surface area contributed by atoms with Crippen molar-refractivity contribution >= 4 is 11.7 Å². The Labute approximate surface area is 136 Å². The number of anilines is 1. The molecule has 0 radical (unpaired) electrons. The molecule has 0 saturated carbocycles. The summed E-state index contributed by atoms with van der Waals surface area (Å²) in [5, 5.41) is 14.3. The van der Waals surface area contributed by atoms with Crippen LogP contribution < -0.4 is 5.32 Å². The van der Waals surface area contributed by atoms with E-state index in [-0.39, 0.29) is 11.9 Å². The lowest BCUT2D eigenvalue weighted by Crippen LogP contribution is -2.40. The highest BCUT2D eigenvalue weighted by molar-refractivity contribution is 5.91. The molecule has 1 saturated heterocycles. The van der Waals surface area contributed by atoms with E-state index in [9.17, 15) is 4.79 Å². The van der Waals surface area contributed by atoms with Gasteiger partial charge in [0.05, 0.1) is 12.7 Å². The average molecular weight is 316 g/mol. The monoisotopic (exact) mass is 316 g/mol. The quantitative estimate of drug-likeness (QED) is 0.884. The molecule has 2 aromatic heterocycles. The van der Waals surface area contributed by atoms with Crippen molar-refractivity contribution in [2.45, 2.75) is 38.6 Å². The maximum absolute atomic E-state index is 12.3. The van der Waals surface area contributed by atoms with Gasteiger partial charge in [0.25, 0.3) is 0 Å². The molecule has 1 fully saturated rings. The standard InChI is InChI=1S/C16H24N6O/c1-12(2)22-15(6-8-18-22)19-16(23)11-21-9-3-4-13(10-21)14-5-7-17-20-14/h5-8,12-13H,3-4,9-11H2,1-2H3,(H,17,20)(H,19,23). The minimum atomic E-state index is 0.0117. The SMILES string of the molecule is CC(C)n1nccc1NC(=O)CN1CCCC(c2ccn[nH]2)C1. The molecule has 23 heavy (non-hydrogen) atoms. The maximum Gasteiger partial charge on any atom is 0.239 e. The lowest BCUT2D eigenvalue weighted by atomic mass is 9.95. The summed E-state index contributed by atoms with van der Waals surface area (Å²) < 4.78 is 1.82. The van der Waals surface area contributed by atoms with Crippen molar-refractivity contribution < 1.29 is 4.79 Å². The highest BCUT2D eigenvalue weighted by Crippen LogP contribution is 2.25. The number of piperidine rings is 1. The van der Waals surface area contributed by atoms with Crippen LogP contribution in [0.3, 0.4) is 0 Å². The van der Waals surface area contributed by atoms with Crippen LogP contribution in [0.4, 0.5) is 5.82 Å². The number of H-pyrrole nitrogens is 1. The summed E-state index contributed by atoms with van der Waals surface area (Å²) in [6.07, 6.45) is 5.74. The number of hydrogen-bond donors (Lipinski definition) is 2. The van der Waals surface area contributed by atoms with E-state index in [0.29, 0.717) is 12.5 Å². The van der Waals surface area contributed by atoms with E-state index in [1.807, 2.05) is 30.7 Å². The van der Waals surface area contributed by atoms with Crippen molar-refractivity contribution in [3.8, 4) is 0 Å². The van der Waals surface area contributed by atoms with Crippen molar-refractivity contribution in [3.05, 3.63) is 30.2 Å². The average Bonchev–Trinajstić information content (AvgIpc) is 3.18. The molecule has 1 unspecified atom stereocenters. The van der Waals surface area contributed by atoms with Crippen molar-refractivity contribution in [3.63, 3.8) is 0 Å². The van der Waals surface area contributed by atoms with Gasteiger partial charge in [0.1, 0.15) is 5.82 Å². The first-order valence-electron chi connectivity index (χ1n) is 8.18. The van der Waals surface area contributed by atoms with Gasteiger partial charge in [-0.2, -0.15) is 10.2 Å². The highest BCUT2D eigenvalue weighted by Gasteiger charge is 2.24. The number of aromatic nitrogens is 4. The fourth-order valence-corrected chi connectivity index (χ4v) is 3.16. The number of nitrogens with zero attached hydrogens (tertiary/aromatic N) is 4. The van der Waals surface area contributed by atoms with Gasteiger partial charge in [-0.1, -0.05) is 0 Å². The van der Waals surface area contributed by atoms with Crippen LogP contribution in [0, 0.1) is 0 Å². The Kier molecular flexibility index (Phi) is 4.76. The van der Waals surface area contributed by atoms with Crippen LogP contribution in [0.25, 0.3) is 0 Å². The Bertz CT molecular complexity index is 633. The van der Waals surface area contributed by atoms with Gasteiger partial charge in [-0.05, 0) is 39.3 Å². The van der Waals surface area contributed by atoms with E-state index in [1.165, 1.54) is 0 Å². The summed E-state index contributed by atoms with van der Waals surface area (Å²) in [4.78, 5) is 14.5. The zero-order valence-electron chi connectivity index (χ0n) is 13.7. The predicted octanol–water partition coefficient (Wildman–Crippen LogP) is 2.01. The molecule has 3 rings (SSSR count). The number of nitrogens with one attached hydrogen (secondary N) is 2. The number of amides is 1. The number of aromatic amines is 1. The molecule has 0 bridgehead atoms. The van der Waals surface area contributed by atoms with Crippen LogP contribution in [-0.4, -0.2) is 50.4 Å². The van der Waals surface area contributed by atoms with Gasteiger partial charge in [0, 0.05) is 36.5 Å². The third-order valence-corrected chi connectivity index (χ3v) is 4.26. The Morgan fingerprint density at radius 1 is 1.43 bits per heavy atom. The lowest BCUT2D eigenvalue weighted by molar-refractivity contribution is -0.117. The van der Waals surface area contributed by atoms with Crippen LogP contribution in [0.2, 0.25) is 0 Å². The molecule has 1 aliphatic heterocycles. The second kappa shape index (κ2) is 6.95.